The van der Waals surface area contributed by atoms with Crippen LogP contribution < -0.4 is 5.32 Å². The molecule has 3 atom stereocenters. The molecular weight excluding hydrogens is 458 g/mol. The lowest BCUT2D eigenvalue weighted by Gasteiger charge is -2.39. The van der Waals surface area contributed by atoms with Gasteiger partial charge in [-0.05, 0) is 94.5 Å². The van der Waals surface area contributed by atoms with E-state index in [-0.39, 0.29) is 23.2 Å². The number of carbonyl (C=O) groups is 1. The van der Waals surface area contributed by atoms with Crippen LogP contribution in [0.5, 0.6) is 0 Å². The van der Waals surface area contributed by atoms with Gasteiger partial charge in [0.2, 0.25) is 0 Å². The van der Waals surface area contributed by atoms with Gasteiger partial charge in [-0.3, -0.25) is 4.90 Å². The van der Waals surface area contributed by atoms with Crippen molar-refractivity contribution in [3.05, 3.63) is 65.2 Å². The maximum Gasteiger partial charge on any atom is 0.322 e. The van der Waals surface area contributed by atoms with Crippen LogP contribution in [-0.4, -0.2) is 47.0 Å². The summed E-state index contributed by atoms with van der Waals surface area (Å²) in [5.41, 5.74) is 2.12. The Kier molecular flexibility index (Phi) is 7.65. The largest absolute Gasteiger partial charge is 0.322 e. The molecule has 2 aliphatic carbocycles. The summed E-state index contributed by atoms with van der Waals surface area (Å²) in [6.45, 7) is 9.84. The Bertz CT molecular complexity index is 1120. The number of hydrogen-bond donors (Lipinski definition) is 1. The lowest BCUT2D eigenvalue weighted by Crippen LogP contribution is -2.50. The first-order chi connectivity index (χ1) is 17.1. The highest BCUT2D eigenvalue weighted by atomic mass is 19.1. The Balaban J connectivity index is 1.51. The molecule has 2 aromatic rings. The van der Waals surface area contributed by atoms with E-state index in [1.807, 2.05) is 23.1 Å². The van der Waals surface area contributed by atoms with Gasteiger partial charge in [-0.15, -0.1) is 0 Å². The number of urea groups is 1. The lowest BCUT2D eigenvalue weighted by atomic mass is 9.80. The predicted octanol–water partition coefficient (Wildman–Crippen LogP) is 6.30. The van der Waals surface area contributed by atoms with E-state index in [9.17, 15) is 18.8 Å². The van der Waals surface area contributed by atoms with Crippen LogP contribution in [0.1, 0.15) is 64.5 Å². The zero-order valence-electron chi connectivity index (χ0n) is 21.6. The fraction of sp³-hybridized carbons (Fsp3) is 0.517. The zero-order valence-corrected chi connectivity index (χ0v) is 21.6. The molecule has 2 aromatic carbocycles. The first kappa shape index (κ1) is 26.1. The number of halogens is 2. The lowest BCUT2D eigenvalue weighted by molar-refractivity contribution is 0.120. The second-order valence-electron chi connectivity index (χ2n) is 10.9. The minimum Gasteiger partial charge on any atom is -0.320 e. The summed E-state index contributed by atoms with van der Waals surface area (Å²) >= 11 is 0. The van der Waals surface area contributed by atoms with E-state index in [1.54, 1.807) is 0 Å². The van der Waals surface area contributed by atoms with Crippen LogP contribution in [0.25, 0.3) is 0 Å². The summed E-state index contributed by atoms with van der Waals surface area (Å²) < 4.78 is 27.5. The quantitative estimate of drug-likeness (QED) is 0.469. The first-order valence-corrected chi connectivity index (χ1v) is 12.9. The van der Waals surface area contributed by atoms with Crippen molar-refractivity contribution in [3.8, 4) is 6.07 Å². The van der Waals surface area contributed by atoms with Gasteiger partial charge in [-0.2, -0.15) is 5.26 Å². The number of benzene rings is 2. The number of hydrogen-bond acceptors (Lipinski definition) is 3. The average Bonchev–Trinajstić information content (AvgIpc) is 3.55. The molecule has 2 saturated carbocycles. The van der Waals surface area contributed by atoms with E-state index >= 15 is 0 Å². The van der Waals surface area contributed by atoms with E-state index < -0.39 is 11.6 Å². The maximum atomic E-state index is 13.7. The molecule has 4 rings (SSSR count). The highest BCUT2D eigenvalue weighted by Crippen LogP contribution is 2.62. The fourth-order valence-corrected chi connectivity index (χ4v) is 6.15. The van der Waals surface area contributed by atoms with E-state index in [4.69, 9.17) is 0 Å². The van der Waals surface area contributed by atoms with Gasteiger partial charge < -0.3 is 10.2 Å². The molecule has 5 nitrogen and oxygen atoms in total. The second kappa shape index (κ2) is 10.6. The molecule has 0 spiro atoms. The van der Waals surface area contributed by atoms with Crippen molar-refractivity contribution in [1.29, 1.82) is 5.26 Å². The molecule has 36 heavy (non-hydrogen) atoms. The summed E-state index contributed by atoms with van der Waals surface area (Å²) in [7, 11) is 0. The molecule has 2 aliphatic rings. The van der Waals surface area contributed by atoms with Gasteiger partial charge in [0.1, 0.15) is 11.6 Å². The number of nitrogens with one attached hydrogen (secondary N) is 1. The summed E-state index contributed by atoms with van der Waals surface area (Å²) in [6, 6.07) is 13.6. The Morgan fingerprint density at radius 2 is 1.81 bits per heavy atom. The van der Waals surface area contributed by atoms with Crippen molar-refractivity contribution in [2.75, 3.05) is 18.4 Å². The third-order valence-corrected chi connectivity index (χ3v) is 8.02. The number of carbonyl (C=O) groups excluding carboxylic acids is 1. The molecule has 2 fully saturated rings. The number of amides is 2. The van der Waals surface area contributed by atoms with Crippen LogP contribution in [0.15, 0.2) is 42.5 Å². The van der Waals surface area contributed by atoms with E-state index in [0.29, 0.717) is 30.1 Å². The second-order valence-corrected chi connectivity index (χ2v) is 10.9. The van der Waals surface area contributed by atoms with Crippen molar-refractivity contribution in [2.24, 2.45) is 5.92 Å². The molecule has 1 unspecified atom stereocenters. The van der Waals surface area contributed by atoms with Crippen molar-refractivity contribution in [3.63, 3.8) is 0 Å². The molecule has 0 radical (unpaired) electrons. The fourth-order valence-electron chi connectivity index (χ4n) is 6.15. The van der Waals surface area contributed by atoms with Crippen LogP contribution in [-0.2, 0) is 5.41 Å². The molecule has 0 saturated heterocycles. The Hall–Kier alpha value is -2.98. The first-order valence-electron chi connectivity index (χ1n) is 12.9. The number of fused-ring (bicyclic) bond motifs is 1. The molecule has 0 bridgehead atoms. The summed E-state index contributed by atoms with van der Waals surface area (Å²) in [5, 5.41) is 12.1. The summed E-state index contributed by atoms with van der Waals surface area (Å²) in [4.78, 5) is 17.7. The van der Waals surface area contributed by atoms with Crippen molar-refractivity contribution >= 4 is 11.7 Å². The maximum absolute atomic E-state index is 13.7. The predicted molar refractivity (Wildman–Crippen MR) is 138 cm³/mol. The van der Waals surface area contributed by atoms with Gasteiger partial charge in [0, 0.05) is 43.0 Å². The Labute approximate surface area is 213 Å². The number of anilines is 1. The van der Waals surface area contributed by atoms with E-state index in [2.05, 4.69) is 50.0 Å². The average molecular weight is 495 g/mol. The van der Waals surface area contributed by atoms with Crippen molar-refractivity contribution < 1.29 is 13.6 Å². The van der Waals surface area contributed by atoms with Crippen molar-refractivity contribution in [2.45, 2.75) is 76.9 Å². The van der Waals surface area contributed by atoms with Crippen molar-refractivity contribution in [1.82, 2.24) is 9.80 Å². The van der Waals surface area contributed by atoms with Gasteiger partial charge >= 0.3 is 6.03 Å². The van der Waals surface area contributed by atoms with Crippen LogP contribution >= 0.6 is 0 Å². The molecule has 2 amide bonds. The smallest absolute Gasteiger partial charge is 0.320 e. The molecule has 0 heterocycles. The Morgan fingerprint density at radius 1 is 1.11 bits per heavy atom. The molecule has 0 aromatic heterocycles. The summed E-state index contributed by atoms with van der Waals surface area (Å²) in [6.07, 6.45) is 3.74. The van der Waals surface area contributed by atoms with Crippen LogP contribution in [0.3, 0.4) is 0 Å². The monoisotopic (exact) mass is 494 g/mol. The highest BCUT2D eigenvalue weighted by Gasteiger charge is 2.58. The number of nitrogens with zero attached hydrogens (tertiary/aromatic N) is 3. The Morgan fingerprint density at radius 3 is 2.42 bits per heavy atom. The zero-order chi connectivity index (χ0) is 26.0. The molecule has 1 N–H and O–H groups in total. The SMILES string of the molecule is CC(C)N(CCN(C(=O)Nc1cc(F)cc(F)c1)[C@@H]1CC[C@]2(c3cccc(C#N)c3)CC2C1)C(C)C. The van der Waals surface area contributed by atoms with E-state index in [0.717, 1.165) is 50.4 Å². The third kappa shape index (κ3) is 5.54. The molecule has 192 valence electrons. The summed E-state index contributed by atoms with van der Waals surface area (Å²) in [5.74, 6) is -0.983. The van der Waals surface area contributed by atoms with E-state index in [1.165, 1.54) is 5.56 Å². The normalized spacial score (nSPS) is 22.9. The minimum atomic E-state index is -0.720. The molecule has 7 heteroatoms. The highest BCUT2D eigenvalue weighted by molar-refractivity contribution is 5.89. The van der Waals surface area contributed by atoms with Gasteiger partial charge in [-0.1, -0.05) is 12.1 Å². The van der Waals surface area contributed by atoms with Gasteiger partial charge in [0.15, 0.2) is 0 Å². The van der Waals surface area contributed by atoms with Gasteiger partial charge in [0.25, 0.3) is 0 Å². The third-order valence-electron chi connectivity index (χ3n) is 8.02. The van der Waals surface area contributed by atoms with Gasteiger partial charge in [0.05, 0.1) is 11.6 Å². The van der Waals surface area contributed by atoms with Gasteiger partial charge in [-0.25, -0.2) is 13.6 Å². The van der Waals surface area contributed by atoms with Crippen LogP contribution in [0, 0.1) is 28.9 Å². The minimum absolute atomic E-state index is 0.0457. The van der Waals surface area contributed by atoms with Crippen LogP contribution in [0.2, 0.25) is 0 Å². The van der Waals surface area contributed by atoms with Crippen LogP contribution in [0.4, 0.5) is 19.3 Å². The standard InChI is InChI=1S/C29H36F2N4O/c1-19(2)34(20(3)4)10-11-35(28(36)33-26-15-24(30)14-25(31)16-26)27-8-9-29(17-23(29)13-27)22-7-5-6-21(12-22)18-32/h5-7,12,14-16,19-20,23,27H,8-11,13,17H2,1-4H3,(H,33,36)/t23?,27-,29-/m1/s1. The molecule has 0 aliphatic heterocycles. The number of nitriles is 1. The molecular formula is C29H36F2N4O. The number of rotatable bonds is 8. The topological polar surface area (TPSA) is 59.4 Å².